The minimum atomic E-state index is -0.114. The summed E-state index contributed by atoms with van der Waals surface area (Å²) in [7, 11) is 0. The smallest absolute Gasteiger partial charge is 0.187 e. The molecule has 0 radical (unpaired) electrons. The Balaban J connectivity index is 2.11. The van der Waals surface area contributed by atoms with Gasteiger partial charge in [0.05, 0.1) is 12.7 Å². The molecule has 2 heterocycles. The van der Waals surface area contributed by atoms with Crippen molar-refractivity contribution in [2.75, 3.05) is 13.2 Å². The third-order valence-corrected chi connectivity index (χ3v) is 3.15. The average molecular weight is 262 g/mol. The van der Waals surface area contributed by atoms with Gasteiger partial charge in [0, 0.05) is 18.0 Å². The fourth-order valence-electron chi connectivity index (χ4n) is 2.27. The van der Waals surface area contributed by atoms with E-state index in [9.17, 15) is 0 Å². The Bertz CT molecular complexity index is 594. The maximum atomic E-state index is 5.92. The van der Waals surface area contributed by atoms with Crippen molar-refractivity contribution in [1.29, 1.82) is 0 Å². The van der Waals surface area contributed by atoms with E-state index in [1.54, 1.807) is 0 Å². The molecule has 2 unspecified atom stereocenters. The highest BCUT2D eigenvalue weighted by Crippen LogP contribution is 2.38. The quantitative estimate of drug-likeness (QED) is 0.840. The molecule has 0 bridgehead atoms. The highest BCUT2D eigenvalue weighted by Gasteiger charge is 2.24. The molecule has 0 fully saturated rings. The van der Waals surface area contributed by atoms with Crippen molar-refractivity contribution >= 4 is 10.9 Å². The van der Waals surface area contributed by atoms with E-state index in [1.165, 1.54) is 0 Å². The van der Waals surface area contributed by atoms with Gasteiger partial charge in [-0.05, 0) is 19.1 Å². The number of benzene rings is 1. The maximum Gasteiger partial charge on any atom is 0.187 e. The summed E-state index contributed by atoms with van der Waals surface area (Å²) < 4.78 is 13.5. The Morgan fingerprint density at radius 1 is 1.53 bits per heavy atom. The van der Waals surface area contributed by atoms with Gasteiger partial charge in [0.15, 0.2) is 11.5 Å². The molecule has 2 aromatic rings. The molecule has 0 saturated carbocycles. The molecule has 2 atom stereocenters. The standard InChI is InChI=1S/C13H18N4O2/c1-8(15)6-17-12-9(5-16-17)2-3-11-13(12)19-10(4-14)7-18-11/h2-3,5,8,10H,4,6-7,14-15H2,1H3. The molecule has 3 rings (SSSR count). The lowest BCUT2D eigenvalue weighted by Gasteiger charge is -2.26. The van der Waals surface area contributed by atoms with E-state index in [4.69, 9.17) is 20.9 Å². The second kappa shape index (κ2) is 4.71. The van der Waals surface area contributed by atoms with Gasteiger partial charge in [-0.1, -0.05) is 0 Å². The molecule has 19 heavy (non-hydrogen) atoms. The van der Waals surface area contributed by atoms with Gasteiger partial charge in [-0.3, -0.25) is 4.68 Å². The summed E-state index contributed by atoms with van der Waals surface area (Å²) in [6.45, 7) is 3.49. The predicted octanol–water partition coefficient (Wildman–Crippen LogP) is 0.482. The first-order valence-corrected chi connectivity index (χ1v) is 6.42. The summed E-state index contributed by atoms with van der Waals surface area (Å²) in [5, 5.41) is 5.38. The number of aromatic nitrogens is 2. The molecule has 1 aliphatic rings. The lowest BCUT2D eigenvalue weighted by molar-refractivity contribution is 0.0983. The van der Waals surface area contributed by atoms with Crippen LogP contribution in [-0.2, 0) is 6.54 Å². The van der Waals surface area contributed by atoms with Gasteiger partial charge in [0.1, 0.15) is 18.2 Å². The minimum absolute atomic E-state index is 0.0220. The van der Waals surface area contributed by atoms with Crippen LogP contribution in [0.4, 0.5) is 0 Å². The first-order chi connectivity index (χ1) is 9.19. The van der Waals surface area contributed by atoms with Crippen LogP contribution in [0.2, 0.25) is 0 Å². The van der Waals surface area contributed by atoms with Crippen LogP contribution in [0.5, 0.6) is 11.5 Å². The van der Waals surface area contributed by atoms with E-state index >= 15 is 0 Å². The van der Waals surface area contributed by atoms with Crippen molar-refractivity contribution in [3.63, 3.8) is 0 Å². The molecule has 0 spiro atoms. The number of hydrogen-bond acceptors (Lipinski definition) is 5. The highest BCUT2D eigenvalue weighted by atomic mass is 16.6. The fourth-order valence-corrected chi connectivity index (χ4v) is 2.27. The van der Waals surface area contributed by atoms with E-state index in [0.717, 1.165) is 22.4 Å². The largest absolute Gasteiger partial charge is 0.486 e. The lowest BCUT2D eigenvalue weighted by Crippen LogP contribution is -2.36. The van der Waals surface area contributed by atoms with Crippen molar-refractivity contribution < 1.29 is 9.47 Å². The average Bonchev–Trinajstić information content (AvgIpc) is 2.81. The van der Waals surface area contributed by atoms with Crippen molar-refractivity contribution in [3.05, 3.63) is 18.3 Å². The Hall–Kier alpha value is -1.79. The zero-order valence-corrected chi connectivity index (χ0v) is 10.9. The van der Waals surface area contributed by atoms with Crippen LogP contribution in [-0.4, -0.2) is 35.1 Å². The normalized spacial score (nSPS) is 19.6. The molecule has 6 nitrogen and oxygen atoms in total. The monoisotopic (exact) mass is 262 g/mol. The Labute approximate surface area is 111 Å². The molecular formula is C13H18N4O2. The molecule has 1 aliphatic heterocycles. The number of hydrogen-bond donors (Lipinski definition) is 2. The Morgan fingerprint density at radius 2 is 2.37 bits per heavy atom. The zero-order chi connectivity index (χ0) is 13.4. The van der Waals surface area contributed by atoms with Crippen molar-refractivity contribution in [1.82, 2.24) is 9.78 Å². The van der Waals surface area contributed by atoms with Crippen LogP contribution in [0.1, 0.15) is 6.92 Å². The van der Waals surface area contributed by atoms with Crippen molar-refractivity contribution in [2.24, 2.45) is 11.5 Å². The molecule has 6 heteroatoms. The maximum absolute atomic E-state index is 5.92. The summed E-state index contributed by atoms with van der Waals surface area (Å²) in [4.78, 5) is 0. The summed E-state index contributed by atoms with van der Waals surface area (Å²) in [5.41, 5.74) is 12.4. The van der Waals surface area contributed by atoms with Crippen LogP contribution in [0.3, 0.4) is 0 Å². The van der Waals surface area contributed by atoms with Crippen LogP contribution in [0.25, 0.3) is 10.9 Å². The van der Waals surface area contributed by atoms with Gasteiger partial charge in [0.25, 0.3) is 0 Å². The lowest BCUT2D eigenvalue weighted by atomic mass is 10.2. The SMILES string of the molecule is CC(N)Cn1ncc2ccc3c(c21)OC(CN)CO3. The Kier molecular flexibility index (Phi) is 3.04. The third kappa shape index (κ3) is 2.13. The first-order valence-electron chi connectivity index (χ1n) is 6.42. The summed E-state index contributed by atoms with van der Waals surface area (Å²) in [6.07, 6.45) is 1.70. The molecule has 0 amide bonds. The number of ether oxygens (including phenoxy) is 2. The van der Waals surface area contributed by atoms with Crippen molar-refractivity contribution in [3.8, 4) is 11.5 Å². The molecule has 0 saturated heterocycles. The van der Waals surface area contributed by atoms with Gasteiger partial charge in [0.2, 0.25) is 0 Å². The molecule has 1 aromatic carbocycles. The summed E-state index contributed by atoms with van der Waals surface area (Å²) in [5.74, 6) is 1.46. The molecular weight excluding hydrogens is 244 g/mol. The van der Waals surface area contributed by atoms with E-state index in [0.29, 0.717) is 19.7 Å². The van der Waals surface area contributed by atoms with Gasteiger partial charge >= 0.3 is 0 Å². The second-order valence-electron chi connectivity index (χ2n) is 4.92. The van der Waals surface area contributed by atoms with Gasteiger partial charge < -0.3 is 20.9 Å². The predicted molar refractivity (Wildman–Crippen MR) is 72.3 cm³/mol. The molecule has 4 N–H and O–H groups in total. The number of nitrogens with zero attached hydrogens (tertiary/aromatic N) is 2. The van der Waals surface area contributed by atoms with Crippen LogP contribution in [0.15, 0.2) is 18.3 Å². The van der Waals surface area contributed by atoms with Crippen molar-refractivity contribution in [2.45, 2.75) is 25.6 Å². The Morgan fingerprint density at radius 3 is 3.11 bits per heavy atom. The number of rotatable bonds is 3. The van der Waals surface area contributed by atoms with Crippen LogP contribution in [0, 0.1) is 0 Å². The van der Waals surface area contributed by atoms with Gasteiger partial charge in [-0.15, -0.1) is 0 Å². The van der Waals surface area contributed by atoms with E-state index in [-0.39, 0.29) is 12.1 Å². The zero-order valence-electron chi connectivity index (χ0n) is 10.9. The van der Waals surface area contributed by atoms with Crippen LogP contribution >= 0.6 is 0 Å². The van der Waals surface area contributed by atoms with Crippen LogP contribution < -0.4 is 20.9 Å². The summed E-state index contributed by atoms with van der Waals surface area (Å²) in [6, 6.07) is 3.90. The second-order valence-corrected chi connectivity index (χ2v) is 4.92. The van der Waals surface area contributed by atoms with Gasteiger partial charge in [-0.2, -0.15) is 5.10 Å². The molecule has 1 aromatic heterocycles. The molecule has 0 aliphatic carbocycles. The number of fused-ring (bicyclic) bond motifs is 3. The van der Waals surface area contributed by atoms with E-state index < -0.39 is 0 Å². The van der Waals surface area contributed by atoms with E-state index in [1.807, 2.05) is 29.9 Å². The van der Waals surface area contributed by atoms with E-state index in [2.05, 4.69) is 5.10 Å². The molecule has 102 valence electrons. The number of nitrogens with two attached hydrogens (primary N) is 2. The van der Waals surface area contributed by atoms with Gasteiger partial charge in [-0.25, -0.2) is 0 Å². The topological polar surface area (TPSA) is 88.3 Å². The first kappa shape index (κ1) is 12.3. The highest BCUT2D eigenvalue weighted by molar-refractivity contribution is 5.87. The summed E-state index contributed by atoms with van der Waals surface area (Å²) >= 11 is 0. The fraction of sp³-hybridized carbons (Fsp3) is 0.462. The minimum Gasteiger partial charge on any atom is -0.486 e. The third-order valence-electron chi connectivity index (χ3n) is 3.15.